The van der Waals surface area contributed by atoms with Crippen molar-refractivity contribution in [2.24, 2.45) is 11.7 Å². The zero-order chi connectivity index (χ0) is 24.7. The van der Waals surface area contributed by atoms with Gasteiger partial charge in [0.2, 0.25) is 5.91 Å². The number of carboxylic acid groups (broad SMARTS) is 1. The average molecular weight is 488 g/mol. The number of nitrogens with two attached hydrogens (primary N) is 1. The van der Waals surface area contributed by atoms with E-state index in [-0.39, 0.29) is 25.5 Å². The van der Waals surface area contributed by atoms with Gasteiger partial charge in [0.15, 0.2) is 0 Å². The molecule has 1 heterocycles. The molecule has 0 aromatic heterocycles. The number of hydrogen-bond acceptors (Lipinski definition) is 5. The molecule has 0 spiro atoms. The van der Waals surface area contributed by atoms with E-state index in [1.165, 1.54) is 11.8 Å². The number of rotatable bonds is 11. The summed E-state index contributed by atoms with van der Waals surface area (Å²) >= 11 is 5.99. The Morgan fingerprint density at radius 3 is 2.56 bits per heavy atom. The van der Waals surface area contributed by atoms with E-state index in [2.05, 4.69) is 0 Å². The first-order valence-electron chi connectivity index (χ1n) is 11.3. The molecule has 0 saturated carbocycles. The number of hydrogen-bond donors (Lipinski definition) is 2. The number of carbonyl (C=O) groups is 3. The maximum atomic E-state index is 13.4. The van der Waals surface area contributed by atoms with E-state index in [0.29, 0.717) is 35.2 Å². The number of amides is 2. The van der Waals surface area contributed by atoms with Gasteiger partial charge in [-0.3, -0.25) is 14.4 Å². The second kappa shape index (κ2) is 11.9. The minimum Gasteiger partial charge on any atom is -0.494 e. The van der Waals surface area contributed by atoms with Crippen LogP contribution in [0, 0.1) is 5.92 Å². The Labute approximate surface area is 204 Å². The van der Waals surface area contributed by atoms with Crippen LogP contribution in [0.15, 0.2) is 42.5 Å². The standard InChI is InChI=1S/C25H30ClN3O5/c1-17(25(32)33)14-28-16-23(30)29(15-18-5-7-19(26)8-6-18)22-10-9-20(13-21(22)24(28)31)34-12-4-2-3-11-27/h5-10,13,17H,2-4,11-12,14-16,27H2,1H3,(H,32,33). The molecule has 2 aromatic rings. The fourth-order valence-electron chi connectivity index (χ4n) is 3.75. The number of halogens is 1. The molecule has 3 N–H and O–H groups in total. The molecule has 0 aliphatic carbocycles. The molecular weight excluding hydrogens is 458 g/mol. The van der Waals surface area contributed by atoms with Crippen LogP contribution in [-0.2, 0) is 16.1 Å². The Bertz CT molecular complexity index is 1030. The fourth-order valence-corrected chi connectivity index (χ4v) is 3.88. The average Bonchev–Trinajstić information content (AvgIpc) is 2.90. The lowest BCUT2D eigenvalue weighted by Crippen LogP contribution is -2.42. The van der Waals surface area contributed by atoms with Crippen molar-refractivity contribution in [3.05, 3.63) is 58.6 Å². The molecule has 8 nitrogen and oxygen atoms in total. The van der Waals surface area contributed by atoms with Gasteiger partial charge in [-0.05, 0) is 61.7 Å². The number of benzene rings is 2. The highest BCUT2D eigenvalue weighted by molar-refractivity contribution is 6.30. The van der Waals surface area contributed by atoms with Crippen molar-refractivity contribution in [1.82, 2.24) is 4.90 Å². The van der Waals surface area contributed by atoms with Crippen LogP contribution < -0.4 is 15.4 Å². The maximum absolute atomic E-state index is 13.4. The Morgan fingerprint density at radius 2 is 1.88 bits per heavy atom. The summed E-state index contributed by atoms with van der Waals surface area (Å²) in [5.41, 5.74) is 7.14. The molecular formula is C25H30ClN3O5. The van der Waals surface area contributed by atoms with E-state index >= 15 is 0 Å². The number of ether oxygens (including phenoxy) is 1. The van der Waals surface area contributed by atoms with Gasteiger partial charge >= 0.3 is 5.97 Å². The van der Waals surface area contributed by atoms with Crippen LogP contribution in [0.4, 0.5) is 5.69 Å². The number of aliphatic carboxylic acids is 1. The predicted octanol–water partition coefficient (Wildman–Crippen LogP) is 3.56. The molecule has 2 aromatic carbocycles. The van der Waals surface area contributed by atoms with Crippen LogP contribution in [0.5, 0.6) is 5.75 Å². The molecule has 34 heavy (non-hydrogen) atoms. The number of unbranched alkanes of at least 4 members (excludes halogenated alkanes) is 2. The normalized spacial score (nSPS) is 14.6. The lowest BCUT2D eigenvalue weighted by Gasteiger charge is -2.23. The summed E-state index contributed by atoms with van der Waals surface area (Å²) in [7, 11) is 0. The fraction of sp³-hybridized carbons (Fsp3) is 0.400. The zero-order valence-electron chi connectivity index (χ0n) is 19.2. The van der Waals surface area contributed by atoms with Crippen LogP contribution in [0.25, 0.3) is 0 Å². The molecule has 1 atom stereocenters. The molecule has 0 saturated heterocycles. The van der Waals surface area contributed by atoms with Crippen molar-refractivity contribution < 1.29 is 24.2 Å². The van der Waals surface area contributed by atoms with Gasteiger partial charge in [-0.25, -0.2) is 0 Å². The van der Waals surface area contributed by atoms with Crippen LogP contribution in [-0.4, -0.2) is 54.0 Å². The number of anilines is 1. The highest BCUT2D eigenvalue weighted by atomic mass is 35.5. The Kier molecular flexibility index (Phi) is 8.90. The van der Waals surface area contributed by atoms with Crippen LogP contribution in [0.2, 0.25) is 5.02 Å². The summed E-state index contributed by atoms with van der Waals surface area (Å²) in [6.45, 7) is 2.60. The van der Waals surface area contributed by atoms with Crippen molar-refractivity contribution in [3.8, 4) is 5.75 Å². The first-order chi connectivity index (χ1) is 16.3. The first-order valence-corrected chi connectivity index (χ1v) is 11.7. The van der Waals surface area contributed by atoms with Crippen molar-refractivity contribution >= 4 is 35.1 Å². The van der Waals surface area contributed by atoms with Gasteiger partial charge in [0.05, 0.1) is 30.3 Å². The Morgan fingerprint density at radius 1 is 1.15 bits per heavy atom. The molecule has 0 fully saturated rings. The maximum Gasteiger partial charge on any atom is 0.308 e. The molecule has 1 unspecified atom stereocenters. The lowest BCUT2D eigenvalue weighted by molar-refractivity contribution is -0.141. The number of nitrogens with zero attached hydrogens (tertiary/aromatic N) is 2. The van der Waals surface area contributed by atoms with E-state index in [1.807, 2.05) is 12.1 Å². The smallest absolute Gasteiger partial charge is 0.308 e. The highest BCUT2D eigenvalue weighted by Gasteiger charge is 2.33. The molecule has 1 aliphatic rings. The van der Waals surface area contributed by atoms with Gasteiger partial charge in [0.1, 0.15) is 12.3 Å². The van der Waals surface area contributed by atoms with Crippen LogP contribution in [0.3, 0.4) is 0 Å². The van der Waals surface area contributed by atoms with E-state index < -0.39 is 17.8 Å². The molecule has 0 radical (unpaired) electrons. The summed E-state index contributed by atoms with van der Waals surface area (Å²) < 4.78 is 5.83. The molecule has 9 heteroatoms. The van der Waals surface area contributed by atoms with E-state index in [4.69, 9.17) is 22.1 Å². The molecule has 2 amide bonds. The van der Waals surface area contributed by atoms with Gasteiger partial charge in [0, 0.05) is 11.6 Å². The minimum atomic E-state index is -1.03. The minimum absolute atomic E-state index is 0.0711. The zero-order valence-corrected chi connectivity index (χ0v) is 20.0. The number of carbonyl (C=O) groups excluding carboxylic acids is 2. The summed E-state index contributed by atoms with van der Waals surface area (Å²) in [6.07, 6.45) is 2.71. The third kappa shape index (κ3) is 6.48. The van der Waals surface area contributed by atoms with Crippen LogP contribution >= 0.6 is 11.6 Å². The van der Waals surface area contributed by atoms with E-state index in [0.717, 1.165) is 24.8 Å². The summed E-state index contributed by atoms with van der Waals surface area (Å²) in [5.74, 6) is -2.02. The van der Waals surface area contributed by atoms with Crippen LogP contribution in [0.1, 0.15) is 42.1 Å². The number of carboxylic acids is 1. The van der Waals surface area contributed by atoms with Crippen molar-refractivity contribution in [2.75, 3.05) is 31.1 Å². The van der Waals surface area contributed by atoms with E-state index in [1.54, 1.807) is 35.2 Å². The quantitative estimate of drug-likeness (QED) is 0.468. The Balaban J connectivity index is 1.91. The SMILES string of the molecule is CC(CN1CC(=O)N(Cc2ccc(Cl)cc2)c2ccc(OCCCCCN)cc2C1=O)C(=O)O. The molecule has 0 bridgehead atoms. The molecule has 182 valence electrons. The van der Waals surface area contributed by atoms with Gasteiger partial charge in [-0.1, -0.05) is 30.7 Å². The second-order valence-electron chi connectivity index (χ2n) is 8.41. The topological polar surface area (TPSA) is 113 Å². The van der Waals surface area contributed by atoms with Crippen molar-refractivity contribution in [3.63, 3.8) is 0 Å². The summed E-state index contributed by atoms with van der Waals surface area (Å²) in [4.78, 5) is 40.9. The van der Waals surface area contributed by atoms with Gasteiger partial charge in [-0.15, -0.1) is 0 Å². The molecule has 1 aliphatic heterocycles. The van der Waals surface area contributed by atoms with E-state index in [9.17, 15) is 19.5 Å². The van der Waals surface area contributed by atoms with Crippen molar-refractivity contribution in [2.45, 2.75) is 32.7 Å². The first kappa shape index (κ1) is 25.5. The lowest BCUT2D eigenvalue weighted by atomic mass is 10.1. The molecule has 3 rings (SSSR count). The number of fused-ring (bicyclic) bond motifs is 1. The van der Waals surface area contributed by atoms with Gasteiger partial charge in [-0.2, -0.15) is 0 Å². The second-order valence-corrected chi connectivity index (χ2v) is 8.84. The Hall–Kier alpha value is -3.10. The summed E-state index contributed by atoms with van der Waals surface area (Å²) in [5, 5.41) is 9.92. The third-order valence-electron chi connectivity index (χ3n) is 5.69. The third-order valence-corrected chi connectivity index (χ3v) is 5.94. The van der Waals surface area contributed by atoms with Crippen molar-refractivity contribution in [1.29, 1.82) is 0 Å². The largest absolute Gasteiger partial charge is 0.494 e. The summed E-state index contributed by atoms with van der Waals surface area (Å²) in [6, 6.07) is 12.2. The van der Waals surface area contributed by atoms with Gasteiger partial charge in [0.25, 0.3) is 5.91 Å². The monoisotopic (exact) mass is 487 g/mol. The van der Waals surface area contributed by atoms with Gasteiger partial charge < -0.3 is 25.4 Å². The predicted molar refractivity (Wildman–Crippen MR) is 130 cm³/mol. The highest BCUT2D eigenvalue weighted by Crippen LogP contribution is 2.31.